The number of fused-ring (bicyclic) bond motifs is 1. The summed E-state index contributed by atoms with van der Waals surface area (Å²) in [7, 11) is 0. The van der Waals surface area contributed by atoms with Gasteiger partial charge in [0, 0.05) is 31.2 Å². The topological polar surface area (TPSA) is 75.1 Å². The Balaban J connectivity index is 2.12. The van der Waals surface area contributed by atoms with Crippen molar-refractivity contribution >= 4 is 5.84 Å². The summed E-state index contributed by atoms with van der Waals surface area (Å²) in [6.45, 7) is 5.04. The first-order chi connectivity index (χ1) is 10.6. The minimum absolute atomic E-state index is 0.0527. The molecule has 0 saturated heterocycles. The SMILES string of the molecule is CCN1CCc2c(cc(C(=N)N)c(=O)n2C2CCCCC2)C1. The van der Waals surface area contributed by atoms with Crippen molar-refractivity contribution in [3.63, 3.8) is 0 Å². The zero-order valence-electron chi connectivity index (χ0n) is 13.4. The third kappa shape index (κ3) is 2.70. The fourth-order valence-electron chi connectivity index (χ4n) is 3.92. The van der Waals surface area contributed by atoms with Gasteiger partial charge >= 0.3 is 0 Å². The van der Waals surface area contributed by atoms with Crippen molar-refractivity contribution in [2.75, 3.05) is 13.1 Å². The van der Waals surface area contributed by atoms with Crippen LogP contribution in [-0.4, -0.2) is 28.4 Å². The van der Waals surface area contributed by atoms with Crippen LogP contribution in [0.1, 0.15) is 61.9 Å². The summed E-state index contributed by atoms with van der Waals surface area (Å²) in [4.78, 5) is 15.2. The standard InChI is InChI=1S/C17H26N4O/c1-2-20-9-8-15-12(11-20)10-14(16(18)19)17(22)21(15)13-6-4-3-5-7-13/h10,13H,2-9,11H2,1H3,(H3,18,19). The highest BCUT2D eigenvalue weighted by molar-refractivity contribution is 5.94. The predicted octanol–water partition coefficient (Wildman–Crippen LogP) is 2.02. The third-order valence-corrected chi connectivity index (χ3v) is 5.17. The number of pyridine rings is 1. The van der Waals surface area contributed by atoms with Crippen LogP contribution >= 0.6 is 0 Å². The zero-order chi connectivity index (χ0) is 15.7. The second kappa shape index (κ2) is 6.24. The molecule has 1 aliphatic heterocycles. The molecule has 0 atom stereocenters. The molecule has 5 nitrogen and oxygen atoms in total. The van der Waals surface area contributed by atoms with Crippen LogP contribution in [0.15, 0.2) is 10.9 Å². The van der Waals surface area contributed by atoms with E-state index < -0.39 is 0 Å². The molecular weight excluding hydrogens is 276 g/mol. The van der Waals surface area contributed by atoms with Crippen molar-refractivity contribution < 1.29 is 0 Å². The molecule has 1 aromatic heterocycles. The van der Waals surface area contributed by atoms with Gasteiger partial charge in [0.25, 0.3) is 5.56 Å². The molecule has 1 aromatic rings. The number of nitrogens with one attached hydrogen (secondary N) is 1. The molecule has 1 saturated carbocycles. The zero-order valence-corrected chi connectivity index (χ0v) is 13.4. The molecule has 3 rings (SSSR count). The van der Waals surface area contributed by atoms with Gasteiger partial charge in [-0.15, -0.1) is 0 Å². The van der Waals surface area contributed by atoms with E-state index in [0.717, 1.165) is 38.9 Å². The van der Waals surface area contributed by atoms with Crippen LogP contribution in [-0.2, 0) is 13.0 Å². The molecule has 120 valence electrons. The average molecular weight is 302 g/mol. The van der Waals surface area contributed by atoms with E-state index in [4.69, 9.17) is 11.1 Å². The quantitative estimate of drug-likeness (QED) is 0.662. The van der Waals surface area contributed by atoms with Crippen LogP contribution in [0.4, 0.5) is 0 Å². The lowest BCUT2D eigenvalue weighted by atomic mass is 9.93. The number of rotatable bonds is 3. The van der Waals surface area contributed by atoms with Crippen LogP contribution in [0.2, 0.25) is 0 Å². The summed E-state index contributed by atoms with van der Waals surface area (Å²) in [6, 6.07) is 2.16. The number of likely N-dealkylation sites (N-methyl/N-ethyl adjacent to an activating group) is 1. The Morgan fingerprint density at radius 3 is 2.73 bits per heavy atom. The lowest BCUT2D eigenvalue weighted by Gasteiger charge is -2.34. The van der Waals surface area contributed by atoms with Gasteiger partial charge in [0.2, 0.25) is 0 Å². The van der Waals surface area contributed by atoms with E-state index in [1.165, 1.54) is 30.5 Å². The molecule has 1 aliphatic carbocycles. The van der Waals surface area contributed by atoms with E-state index in [0.29, 0.717) is 11.6 Å². The second-order valence-corrected chi connectivity index (χ2v) is 6.53. The molecule has 0 bridgehead atoms. The summed E-state index contributed by atoms with van der Waals surface area (Å²) in [5, 5.41) is 7.75. The monoisotopic (exact) mass is 302 g/mol. The maximum atomic E-state index is 12.9. The van der Waals surface area contributed by atoms with Crippen molar-refractivity contribution in [3.05, 3.63) is 33.2 Å². The Morgan fingerprint density at radius 1 is 1.36 bits per heavy atom. The molecule has 0 aromatic carbocycles. The number of aromatic nitrogens is 1. The van der Waals surface area contributed by atoms with E-state index in [9.17, 15) is 4.79 Å². The highest BCUT2D eigenvalue weighted by atomic mass is 16.1. The first kappa shape index (κ1) is 15.3. The fraction of sp³-hybridized carbons (Fsp3) is 0.647. The third-order valence-electron chi connectivity index (χ3n) is 5.17. The van der Waals surface area contributed by atoms with Crippen LogP contribution in [0.5, 0.6) is 0 Å². The molecule has 0 amide bonds. The molecule has 22 heavy (non-hydrogen) atoms. The second-order valence-electron chi connectivity index (χ2n) is 6.53. The van der Waals surface area contributed by atoms with Gasteiger partial charge in [-0.1, -0.05) is 26.2 Å². The van der Waals surface area contributed by atoms with Gasteiger partial charge in [-0.25, -0.2) is 0 Å². The Bertz CT molecular complexity index is 628. The maximum absolute atomic E-state index is 12.9. The van der Waals surface area contributed by atoms with Gasteiger partial charge in [-0.3, -0.25) is 15.1 Å². The van der Waals surface area contributed by atoms with Gasteiger partial charge in [-0.2, -0.15) is 0 Å². The van der Waals surface area contributed by atoms with Crippen molar-refractivity contribution in [1.29, 1.82) is 5.41 Å². The summed E-state index contributed by atoms with van der Waals surface area (Å²) >= 11 is 0. The van der Waals surface area contributed by atoms with E-state index >= 15 is 0 Å². The largest absolute Gasteiger partial charge is 0.384 e. The number of nitrogens with zero attached hydrogens (tertiary/aromatic N) is 2. The predicted molar refractivity (Wildman–Crippen MR) is 88.5 cm³/mol. The van der Waals surface area contributed by atoms with Gasteiger partial charge in [0.05, 0.1) is 5.56 Å². The van der Waals surface area contributed by atoms with E-state index in [-0.39, 0.29) is 11.4 Å². The summed E-state index contributed by atoms with van der Waals surface area (Å²) in [5.41, 5.74) is 8.36. The lowest BCUT2D eigenvalue weighted by molar-refractivity contribution is 0.253. The van der Waals surface area contributed by atoms with Crippen molar-refractivity contribution in [1.82, 2.24) is 9.47 Å². The Hall–Kier alpha value is -1.62. The van der Waals surface area contributed by atoms with E-state index in [1.807, 2.05) is 10.6 Å². The highest BCUT2D eigenvalue weighted by Crippen LogP contribution is 2.30. The Morgan fingerprint density at radius 2 is 2.09 bits per heavy atom. The smallest absolute Gasteiger partial charge is 0.262 e. The molecule has 0 radical (unpaired) electrons. The first-order valence-corrected chi connectivity index (χ1v) is 8.45. The van der Waals surface area contributed by atoms with E-state index in [1.54, 1.807) is 0 Å². The van der Waals surface area contributed by atoms with Gasteiger partial charge in [0.1, 0.15) is 5.84 Å². The molecule has 2 aliphatic rings. The molecule has 0 unspecified atom stereocenters. The molecular formula is C17H26N4O. The minimum Gasteiger partial charge on any atom is -0.384 e. The Labute approximate surface area is 131 Å². The number of hydrogen-bond donors (Lipinski definition) is 2. The van der Waals surface area contributed by atoms with Gasteiger partial charge < -0.3 is 10.3 Å². The van der Waals surface area contributed by atoms with Crippen LogP contribution in [0.3, 0.4) is 0 Å². The van der Waals surface area contributed by atoms with Gasteiger partial charge in [0.15, 0.2) is 0 Å². The van der Waals surface area contributed by atoms with Crippen molar-refractivity contribution in [3.8, 4) is 0 Å². The molecule has 1 fully saturated rings. The number of nitrogen functional groups attached to an aromatic ring is 1. The maximum Gasteiger partial charge on any atom is 0.262 e. The van der Waals surface area contributed by atoms with Gasteiger partial charge in [-0.05, 0) is 31.0 Å². The van der Waals surface area contributed by atoms with Crippen LogP contribution in [0, 0.1) is 5.41 Å². The summed E-state index contributed by atoms with van der Waals surface area (Å²) < 4.78 is 2.00. The number of hydrogen-bond acceptors (Lipinski definition) is 3. The summed E-state index contributed by atoms with van der Waals surface area (Å²) in [6.07, 6.45) is 6.72. The normalized spacial score (nSPS) is 19.9. The molecule has 3 N–H and O–H groups in total. The fourth-order valence-corrected chi connectivity index (χ4v) is 3.92. The molecule has 2 heterocycles. The highest BCUT2D eigenvalue weighted by Gasteiger charge is 2.26. The van der Waals surface area contributed by atoms with Crippen LogP contribution in [0.25, 0.3) is 0 Å². The van der Waals surface area contributed by atoms with E-state index in [2.05, 4.69) is 11.8 Å². The lowest BCUT2D eigenvalue weighted by Crippen LogP contribution is -2.40. The Kier molecular flexibility index (Phi) is 4.34. The molecule has 0 spiro atoms. The minimum atomic E-state index is -0.106. The van der Waals surface area contributed by atoms with Crippen molar-refractivity contribution in [2.24, 2.45) is 5.73 Å². The average Bonchev–Trinajstić information content (AvgIpc) is 2.54. The van der Waals surface area contributed by atoms with Crippen molar-refractivity contribution in [2.45, 2.75) is 58.0 Å². The first-order valence-electron chi connectivity index (χ1n) is 8.45. The number of amidine groups is 1. The summed E-state index contributed by atoms with van der Waals surface area (Å²) in [5.74, 6) is -0.106. The van der Waals surface area contributed by atoms with Crippen LogP contribution < -0.4 is 11.3 Å². The number of nitrogens with two attached hydrogens (primary N) is 1. The molecule has 5 heteroatoms.